The molecule has 1 aromatic heterocycles. The largest absolute Gasteiger partial charge is 0.428 e. The number of nitrogens with zero attached hydrogens (tertiary/aromatic N) is 2. The minimum Gasteiger partial charge on any atom is -0.428 e. The number of hydrogen-bond acceptors (Lipinski definition) is 3. The lowest BCUT2D eigenvalue weighted by Gasteiger charge is -2.16. The van der Waals surface area contributed by atoms with Gasteiger partial charge in [0.2, 0.25) is 0 Å². The van der Waals surface area contributed by atoms with Crippen LogP contribution in [0.25, 0.3) is 11.1 Å². The van der Waals surface area contributed by atoms with Gasteiger partial charge < -0.3 is 7.97 Å². The van der Waals surface area contributed by atoms with E-state index in [2.05, 4.69) is 4.98 Å². The first-order chi connectivity index (χ1) is 12.7. The van der Waals surface area contributed by atoms with Crippen molar-refractivity contribution in [2.75, 3.05) is 0 Å². The molecule has 0 radical (unpaired) electrons. The third-order valence-electron chi connectivity index (χ3n) is 4.44. The summed E-state index contributed by atoms with van der Waals surface area (Å²) in [7, 11) is 0. The molecule has 0 N–H and O–H groups in total. The van der Waals surface area contributed by atoms with Crippen molar-refractivity contribution in [3.63, 3.8) is 0 Å². The highest BCUT2D eigenvalue weighted by Gasteiger charge is 2.28. The highest BCUT2D eigenvalue weighted by Crippen LogP contribution is 2.27. The summed E-state index contributed by atoms with van der Waals surface area (Å²) in [5.74, 6) is 0.312. The van der Waals surface area contributed by atoms with Crippen molar-refractivity contribution in [1.82, 2.24) is 9.88 Å². The van der Waals surface area contributed by atoms with Gasteiger partial charge in [0.15, 0.2) is 23.0 Å². The number of pyridine rings is 1. The van der Waals surface area contributed by atoms with E-state index in [0.717, 1.165) is 22.6 Å². The van der Waals surface area contributed by atoms with E-state index in [-0.39, 0.29) is 18.3 Å². The molecule has 0 atom stereocenters. The van der Waals surface area contributed by atoms with Crippen molar-refractivity contribution in [2.45, 2.75) is 13.1 Å². The number of rotatable bonds is 4. The standard InChI is InChI=1S/C20H14FIN2O2/c21-18-10-14(13-5-7-16(26-22)8-6-13)3-4-15(18)11-24-12-19-17(20(24)25)2-1-9-23-19/h1-10H,11-12H2. The van der Waals surface area contributed by atoms with Crippen LogP contribution < -0.4 is 3.07 Å². The predicted octanol–water partition coefficient (Wildman–Crippen LogP) is 4.77. The SMILES string of the molecule is O=C1c2cccnc2CN1Cc1ccc(-c2ccc(OI)cc2)cc1F. The summed E-state index contributed by atoms with van der Waals surface area (Å²) in [6.45, 7) is 0.636. The second-order valence-corrected chi connectivity index (χ2v) is 6.51. The molecule has 4 rings (SSSR count). The first-order valence-corrected chi connectivity index (χ1v) is 8.94. The quantitative estimate of drug-likeness (QED) is 0.527. The van der Waals surface area contributed by atoms with Crippen molar-refractivity contribution < 1.29 is 12.3 Å². The number of aromatic nitrogens is 1. The normalized spacial score (nSPS) is 13.0. The molecule has 3 aromatic rings. The first kappa shape index (κ1) is 17.0. The van der Waals surface area contributed by atoms with Crippen LogP contribution in [0.4, 0.5) is 4.39 Å². The number of fused-ring (bicyclic) bond motifs is 1. The van der Waals surface area contributed by atoms with Crippen LogP contribution in [-0.2, 0) is 13.1 Å². The Labute approximate surface area is 164 Å². The van der Waals surface area contributed by atoms with Crippen LogP contribution in [0.3, 0.4) is 0 Å². The number of benzene rings is 2. The smallest absolute Gasteiger partial charge is 0.256 e. The lowest BCUT2D eigenvalue weighted by atomic mass is 10.0. The third kappa shape index (κ3) is 3.16. The Balaban J connectivity index is 1.54. The van der Waals surface area contributed by atoms with Gasteiger partial charge in [-0.3, -0.25) is 9.78 Å². The average Bonchev–Trinajstić information content (AvgIpc) is 2.99. The summed E-state index contributed by atoms with van der Waals surface area (Å²) in [6, 6.07) is 16.0. The fourth-order valence-electron chi connectivity index (χ4n) is 3.07. The van der Waals surface area contributed by atoms with E-state index >= 15 is 0 Å². The highest BCUT2D eigenvalue weighted by atomic mass is 127. The van der Waals surface area contributed by atoms with Gasteiger partial charge in [0.1, 0.15) is 11.6 Å². The topological polar surface area (TPSA) is 42.4 Å². The molecule has 1 aliphatic rings. The Hall–Kier alpha value is -2.48. The van der Waals surface area contributed by atoms with E-state index in [9.17, 15) is 9.18 Å². The van der Waals surface area contributed by atoms with E-state index in [1.165, 1.54) is 6.07 Å². The van der Waals surface area contributed by atoms with Gasteiger partial charge >= 0.3 is 0 Å². The van der Waals surface area contributed by atoms with Gasteiger partial charge in [0.05, 0.1) is 17.8 Å². The number of carbonyl (C=O) groups is 1. The van der Waals surface area contributed by atoms with E-state index < -0.39 is 0 Å². The molecule has 0 fully saturated rings. The summed E-state index contributed by atoms with van der Waals surface area (Å²) in [5.41, 5.74) is 3.52. The molecule has 130 valence electrons. The lowest BCUT2D eigenvalue weighted by Crippen LogP contribution is -2.23. The van der Waals surface area contributed by atoms with Crippen LogP contribution in [0.15, 0.2) is 60.8 Å². The molecule has 2 aromatic carbocycles. The van der Waals surface area contributed by atoms with Crippen LogP contribution in [-0.4, -0.2) is 15.8 Å². The van der Waals surface area contributed by atoms with Crippen LogP contribution in [0.1, 0.15) is 21.6 Å². The molecule has 1 aliphatic heterocycles. The van der Waals surface area contributed by atoms with E-state index in [1.54, 1.807) is 29.3 Å². The average molecular weight is 460 g/mol. The van der Waals surface area contributed by atoms with Gasteiger partial charge in [-0.2, -0.15) is 0 Å². The van der Waals surface area contributed by atoms with Crippen molar-refractivity contribution in [2.24, 2.45) is 0 Å². The zero-order valence-corrected chi connectivity index (χ0v) is 15.8. The number of carbonyl (C=O) groups excluding carboxylic acids is 1. The maximum atomic E-state index is 14.6. The maximum absolute atomic E-state index is 14.6. The van der Waals surface area contributed by atoms with Gasteiger partial charge in [-0.1, -0.05) is 24.3 Å². The number of amides is 1. The molecule has 0 saturated carbocycles. The van der Waals surface area contributed by atoms with Crippen LogP contribution in [0.5, 0.6) is 5.75 Å². The van der Waals surface area contributed by atoms with Gasteiger partial charge in [0, 0.05) is 18.3 Å². The Bertz CT molecular complexity index is 976. The van der Waals surface area contributed by atoms with Crippen LogP contribution in [0, 0.1) is 5.82 Å². The second kappa shape index (κ2) is 7.03. The summed E-state index contributed by atoms with van der Waals surface area (Å²) >= 11 is 1.82. The highest BCUT2D eigenvalue weighted by molar-refractivity contribution is 14.1. The summed E-state index contributed by atoms with van der Waals surface area (Å²) in [6.07, 6.45) is 1.67. The maximum Gasteiger partial charge on any atom is 0.256 e. The predicted molar refractivity (Wildman–Crippen MR) is 104 cm³/mol. The molecule has 0 spiro atoms. The first-order valence-electron chi connectivity index (χ1n) is 8.06. The molecule has 26 heavy (non-hydrogen) atoms. The fraction of sp³-hybridized carbons (Fsp3) is 0.100. The summed E-state index contributed by atoms with van der Waals surface area (Å²) in [4.78, 5) is 18.3. The molecule has 0 saturated heterocycles. The minimum absolute atomic E-state index is 0.106. The molecule has 6 heteroatoms. The number of hydrogen-bond donors (Lipinski definition) is 0. The van der Waals surface area contributed by atoms with Crippen molar-refractivity contribution in [3.8, 4) is 16.9 Å². The van der Waals surface area contributed by atoms with Crippen LogP contribution >= 0.6 is 23.0 Å². The van der Waals surface area contributed by atoms with Gasteiger partial charge in [-0.25, -0.2) is 4.39 Å². The van der Waals surface area contributed by atoms with Gasteiger partial charge in [-0.05, 0) is 41.5 Å². The molecule has 0 unspecified atom stereocenters. The fourth-order valence-corrected chi connectivity index (χ4v) is 3.36. The molecule has 1 amide bonds. The second-order valence-electron chi connectivity index (χ2n) is 6.07. The summed E-state index contributed by atoms with van der Waals surface area (Å²) < 4.78 is 19.7. The Morgan fingerprint density at radius 3 is 2.58 bits per heavy atom. The molecule has 4 nitrogen and oxygen atoms in total. The van der Waals surface area contributed by atoms with E-state index in [1.807, 2.05) is 53.3 Å². The zero-order valence-electron chi connectivity index (χ0n) is 13.7. The van der Waals surface area contributed by atoms with Crippen molar-refractivity contribution in [3.05, 3.63) is 83.4 Å². The van der Waals surface area contributed by atoms with Crippen LogP contribution in [0.2, 0.25) is 0 Å². The lowest BCUT2D eigenvalue weighted by molar-refractivity contribution is 0.0765. The Kier molecular flexibility index (Phi) is 4.58. The van der Waals surface area contributed by atoms with Gasteiger partial charge in [0.25, 0.3) is 5.91 Å². The molecule has 0 bridgehead atoms. The van der Waals surface area contributed by atoms with Gasteiger partial charge in [-0.15, -0.1) is 0 Å². The van der Waals surface area contributed by atoms with Crippen molar-refractivity contribution in [1.29, 1.82) is 0 Å². The van der Waals surface area contributed by atoms with E-state index in [0.29, 0.717) is 17.7 Å². The monoisotopic (exact) mass is 460 g/mol. The molecular formula is C20H14FIN2O2. The third-order valence-corrected chi connectivity index (χ3v) is 4.95. The molecule has 2 heterocycles. The van der Waals surface area contributed by atoms with Crippen molar-refractivity contribution >= 4 is 28.9 Å². The zero-order chi connectivity index (χ0) is 18.1. The minimum atomic E-state index is -0.326. The summed E-state index contributed by atoms with van der Waals surface area (Å²) in [5, 5.41) is 0. The Morgan fingerprint density at radius 2 is 1.88 bits per heavy atom. The molecular weight excluding hydrogens is 446 g/mol. The number of halogens is 2. The Morgan fingerprint density at radius 1 is 1.12 bits per heavy atom. The molecule has 0 aliphatic carbocycles. The van der Waals surface area contributed by atoms with E-state index in [4.69, 9.17) is 3.07 Å².